The van der Waals surface area contributed by atoms with Crippen LogP contribution in [0.15, 0.2) is 24.5 Å². The summed E-state index contributed by atoms with van der Waals surface area (Å²) in [5, 5.41) is 0. The van der Waals surface area contributed by atoms with Crippen LogP contribution in [0, 0.1) is 0 Å². The fourth-order valence-corrected chi connectivity index (χ4v) is 1.90. The zero-order chi connectivity index (χ0) is 8.39. The molecule has 2 rings (SSSR count). The molecule has 1 fully saturated rings. The summed E-state index contributed by atoms with van der Waals surface area (Å²) in [4.78, 5) is 6.54. The van der Waals surface area contributed by atoms with Gasteiger partial charge in [0.15, 0.2) is 0 Å². The summed E-state index contributed by atoms with van der Waals surface area (Å²) in [6.07, 6.45) is 6.41. The van der Waals surface area contributed by atoms with Crippen LogP contribution in [-0.2, 0) is 0 Å². The first-order valence-electron chi connectivity index (χ1n) is 4.48. The first-order chi connectivity index (χ1) is 5.88. The first kappa shape index (κ1) is 11.0. The molecule has 1 aromatic heterocycles. The molecule has 0 N–H and O–H groups in total. The minimum atomic E-state index is 0. The van der Waals surface area contributed by atoms with E-state index in [2.05, 4.69) is 23.0 Å². The maximum absolute atomic E-state index is 4.14. The van der Waals surface area contributed by atoms with Crippen molar-refractivity contribution in [3.8, 4) is 0 Å². The number of hydrogen-bond acceptors (Lipinski definition) is 2. The molecule has 3 heteroatoms. The van der Waals surface area contributed by atoms with Gasteiger partial charge in [-0.15, -0.1) is 0 Å². The molecule has 0 spiro atoms. The Hall–Kier alpha value is -0.0913. The number of nitrogens with zero attached hydrogens (tertiary/aromatic N) is 2. The van der Waals surface area contributed by atoms with Crippen LogP contribution in [0.5, 0.6) is 0 Å². The summed E-state index contributed by atoms with van der Waals surface area (Å²) in [5.41, 5.74) is 1.36. The molecule has 1 unspecified atom stereocenters. The molecule has 0 aliphatic carbocycles. The largest absolute Gasteiger partial charge is 0.299 e. The van der Waals surface area contributed by atoms with Gasteiger partial charge in [-0.1, -0.05) is 6.07 Å². The number of pyridine rings is 1. The fourth-order valence-electron chi connectivity index (χ4n) is 1.90. The minimum Gasteiger partial charge on any atom is -0.299 e. The summed E-state index contributed by atoms with van der Waals surface area (Å²) in [7, 11) is 2.19. The van der Waals surface area contributed by atoms with E-state index in [9.17, 15) is 0 Å². The van der Waals surface area contributed by atoms with Crippen molar-refractivity contribution in [3.05, 3.63) is 30.1 Å². The van der Waals surface area contributed by atoms with Crippen molar-refractivity contribution in [1.82, 2.24) is 9.88 Å². The quantitative estimate of drug-likeness (QED) is 0.725. The Labute approximate surface area is 96.3 Å². The van der Waals surface area contributed by atoms with Gasteiger partial charge >= 0.3 is 0 Å². The molecule has 1 aliphatic rings. The van der Waals surface area contributed by atoms with Gasteiger partial charge in [0.1, 0.15) is 0 Å². The predicted molar refractivity (Wildman–Crippen MR) is 54.6 cm³/mol. The molecule has 2 nitrogen and oxygen atoms in total. The van der Waals surface area contributed by atoms with Crippen LogP contribution in [0.4, 0.5) is 0 Å². The second-order valence-corrected chi connectivity index (χ2v) is 3.42. The van der Waals surface area contributed by atoms with Crippen molar-refractivity contribution in [3.63, 3.8) is 0 Å². The maximum atomic E-state index is 4.14. The Morgan fingerprint density at radius 3 is 2.92 bits per heavy atom. The molecular weight excluding hydrogens is 267 g/mol. The van der Waals surface area contributed by atoms with E-state index in [0.717, 1.165) is 0 Å². The smallest absolute Gasteiger partial charge is 0.0360 e. The summed E-state index contributed by atoms with van der Waals surface area (Å²) < 4.78 is 0. The van der Waals surface area contributed by atoms with E-state index in [1.165, 1.54) is 24.9 Å². The van der Waals surface area contributed by atoms with Crippen LogP contribution >= 0.6 is 0 Å². The summed E-state index contributed by atoms with van der Waals surface area (Å²) in [5.74, 6) is 0. The van der Waals surface area contributed by atoms with Gasteiger partial charge in [0, 0.05) is 42.3 Å². The summed E-state index contributed by atoms with van der Waals surface area (Å²) in [6, 6.07) is 4.79. The third-order valence-corrected chi connectivity index (χ3v) is 2.59. The van der Waals surface area contributed by atoms with E-state index in [1.54, 1.807) is 0 Å². The van der Waals surface area contributed by atoms with Gasteiger partial charge in [-0.25, -0.2) is 0 Å². The van der Waals surface area contributed by atoms with E-state index < -0.39 is 0 Å². The summed E-state index contributed by atoms with van der Waals surface area (Å²) in [6.45, 7) is 1.22. The maximum Gasteiger partial charge on any atom is 0.0360 e. The molecule has 0 bridgehead atoms. The molecule has 1 aromatic rings. The van der Waals surface area contributed by atoms with Gasteiger partial charge in [0.2, 0.25) is 0 Å². The Balaban J connectivity index is 0.000000845. The van der Waals surface area contributed by atoms with E-state index >= 15 is 0 Å². The molecule has 4 radical (unpaired) electrons. The molecule has 0 aromatic carbocycles. The molecule has 1 aliphatic heterocycles. The van der Waals surface area contributed by atoms with Crippen LogP contribution in [0.3, 0.4) is 0 Å². The molecule has 13 heavy (non-hydrogen) atoms. The third kappa shape index (κ3) is 2.44. The SMILES string of the molecule is CN1CCCC1c1cccnc1.[Sn]. The molecule has 0 saturated carbocycles. The van der Waals surface area contributed by atoms with E-state index in [-0.39, 0.29) is 23.9 Å². The second kappa shape index (κ2) is 4.96. The molecule has 2 heterocycles. The number of likely N-dealkylation sites (tertiary alicyclic amines) is 1. The average molecular weight is 281 g/mol. The molecular formula is C10H14N2Sn. The van der Waals surface area contributed by atoms with Gasteiger partial charge in [0.05, 0.1) is 0 Å². The molecule has 1 saturated heterocycles. The molecule has 1 atom stereocenters. The van der Waals surface area contributed by atoms with Crippen LogP contribution < -0.4 is 0 Å². The number of hydrogen-bond donors (Lipinski definition) is 0. The Bertz CT molecular complexity index is 250. The van der Waals surface area contributed by atoms with Gasteiger partial charge in [-0.05, 0) is 38.1 Å². The first-order valence-corrected chi connectivity index (χ1v) is 4.48. The van der Waals surface area contributed by atoms with Gasteiger partial charge in [-0.2, -0.15) is 0 Å². The van der Waals surface area contributed by atoms with Gasteiger partial charge in [-0.3, -0.25) is 9.88 Å². The zero-order valence-corrected chi connectivity index (χ0v) is 10.8. The normalized spacial score (nSPS) is 22.7. The van der Waals surface area contributed by atoms with Crippen molar-refractivity contribution in [2.75, 3.05) is 13.6 Å². The fraction of sp³-hybridized carbons (Fsp3) is 0.500. The van der Waals surface area contributed by atoms with Crippen molar-refractivity contribution in [1.29, 1.82) is 0 Å². The third-order valence-electron chi connectivity index (χ3n) is 2.59. The van der Waals surface area contributed by atoms with E-state index in [1.807, 2.05) is 18.5 Å². The standard InChI is InChI=1S/C10H14N2.Sn/c1-12-7-3-5-10(12)9-4-2-6-11-8-9;/h2,4,6,8,10H,3,5,7H2,1H3;. The number of rotatable bonds is 1. The van der Waals surface area contributed by atoms with E-state index in [0.29, 0.717) is 6.04 Å². The Kier molecular flexibility index (Phi) is 4.19. The Morgan fingerprint density at radius 2 is 2.38 bits per heavy atom. The van der Waals surface area contributed by atoms with Crippen LogP contribution in [-0.4, -0.2) is 47.4 Å². The van der Waals surface area contributed by atoms with E-state index in [4.69, 9.17) is 0 Å². The van der Waals surface area contributed by atoms with Crippen LogP contribution in [0.25, 0.3) is 0 Å². The number of aromatic nitrogens is 1. The second-order valence-electron chi connectivity index (χ2n) is 3.42. The van der Waals surface area contributed by atoms with Crippen molar-refractivity contribution in [2.45, 2.75) is 18.9 Å². The van der Waals surface area contributed by atoms with Crippen molar-refractivity contribution < 1.29 is 0 Å². The van der Waals surface area contributed by atoms with Crippen molar-refractivity contribution >= 4 is 23.9 Å². The molecule has 68 valence electrons. The average Bonchev–Trinajstić information content (AvgIpc) is 2.53. The monoisotopic (exact) mass is 282 g/mol. The summed E-state index contributed by atoms with van der Waals surface area (Å²) >= 11 is 0. The molecule has 0 amide bonds. The predicted octanol–water partition coefficient (Wildman–Crippen LogP) is 1.47. The van der Waals surface area contributed by atoms with Gasteiger partial charge in [0.25, 0.3) is 0 Å². The topological polar surface area (TPSA) is 16.1 Å². The van der Waals surface area contributed by atoms with Crippen LogP contribution in [0.2, 0.25) is 0 Å². The Morgan fingerprint density at radius 1 is 1.54 bits per heavy atom. The zero-order valence-electron chi connectivity index (χ0n) is 7.90. The van der Waals surface area contributed by atoms with Crippen LogP contribution in [0.1, 0.15) is 24.4 Å². The van der Waals surface area contributed by atoms with Crippen molar-refractivity contribution in [2.24, 2.45) is 0 Å². The minimum absolute atomic E-state index is 0. The van der Waals surface area contributed by atoms with Gasteiger partial charge < -0.3 is 0 Å².